The van der Waals surface area contributed by atoms with E-state index in [0.717, 1.165) is 4.88 Å². The van der Waals surface area contributed by atoms with Crippen molar-refractivity contribution >= 4 is 69.1 Å². The summed E-state index contributed by atoms with van der Waals surface area (Å²) in [6.07, 6.45) is 1.76. The number of carbonyl (C=O) groups excluding carboxylic acids is 3. The summed E-state index contributed by atoms with van der Waals surface area (Å²) in [5, 5.41) is 7.88. The number of rotatable bonds is 6. The van der Waals surface area contributed by atoms with Gasteiger partial charge in [-0.25, -0.2) is 4.99 Å². The van der Waals surface area contributed by atoms with Crippen molar-refractivity contribution in [2.75, 3.05) is 21.3 Å². The molecular formula is C24H20N4O3S2. The van der Waals surface area contributed by atoms with Crippen LogP contribution in [0.2, 0.25) is 0 Å². The van der Waals surface area contributed by atoms with E-state index in [2.05, 4.69) is 15.6 Å². The molecule has 4 rings (SSSR count). The summed E-state index contributed by atoms with van der Waals surface area (Å²) in [7, 11) is 0. The van der Waals surface area contributed by atoms with Gasteiger partial charge in [0.25, 0.3) is 5.91 Å². The quantitative estimate of drug-likeness (QED) is 0.499. The number of amides is 3. The Hall–Kier alpha value is -3.69. The minimum absolute atomic E-state index is 0.0785. The van der Waals surface area contributed by atoms with E-state index in [1.54, 1.807) is 30.3 Å². The van der Waals surface area contributed by atoms with Crippen LogP contribution in [0.3, 0.4) is 0 Å². The molecule has 0 radical (unpaired) electrons. The largest absolute Gasteiger partial charge is 0.326 e. The zero-order valence-corrected chi connectivity index (χ0v) is 19.3. The lowest BCUT2D eigenvalue weighted by molar-refractivity contribution is -0.114. The summed E-state index contributed by atoms with van der Waals surface area (Å²) >= 11 is 2.72. The van der Waals surface area contributed by atoms with Crippen molar-refractivity contribution in [3.63, 3.8) is 0 Å². The number of aliphatic imine (C=N–C) groups is 1. The van der Waals surface area contributed by atoms with Crippen LogP contribution in [0.15, 0.2) is 82.8 Å². The predicted octanol–water partition coefficient (Wildman–Crippen LogP) is 4.82. The van der Waals surface area contributed by atoms with Crippen molar-refractivity contribution in [2.24, 2.45) is 4.99 Å². The zero-order valence-electron chi connectivity index (χ0n) is 17.6. The summed E-state index contributed by atoms with van der Waals surface area (Å²) in [6, 6.07) is 19.9. The Labute approximate surface area is 199 Å². The number of hydrogen-bond acceptors (Lipinski definition) is 6. The Balaban J connectivity index is 1.46. The van der Waals surface area contributed by atoms with Gasteiger partial charge in [-0.3, -0.25) is 19.3 Å². The Morgan fingerprint density at radius 2 is 1.70 bits per heavy atom. The highest BCUT2D eigenvalue weighted by Crippen LogP contribution is 2.30. The molecule has 2 heterocycles. The topological polar surface area (TPSA) is 90.9 Å². The number of thioether (sulfide) groups is 1. The lowest BCUT2D eigenvalue weighted by Crippen LogP contribution is -2.31. The van der Waals surface area contributed by atoms with Gasteiger partial charge in [0.15, 0.2) is 5.17 Å². The molecule has 0 unspecified atom stereocenters. The van der Waals surface area contributed by atoms with E-state index in [4.69, 9.17) is 0 Å². The van der Waals surface area contributed by atoms with Crippen molar-refractivity contribution in [1.82, 2.24) is 0 Å². The van der Waals surface area contributed by atoms with E-state index in [1.165, 1.54) is 34.9 Å². The van der Waals surface area contributed by atoms with Gasteiger partial charge in [-0.1, -0.05) is 36.0 Å². The van der Waals surface area contributed by atoms with Crippen LogP contribution >= 0.6 is 23.1 Å². The summed E-state index contributed by atoms with van der Waals surface area (Å²) < 4.78 is 0. The summed E-state index contributed by atoms with van der Waals surface area (Å²) in [5.41, 5.74) is 2.28. The van der Waals surface area contributed by atoms with Crippen molar-refractivity contribution in [3.05, 3.63) is 82.7 Å². The highest BCUT2D eigenvalue weighted by atomic mass is 32.2. The normalized spacial score (nSPS) is 14.3. The number of amidine groups is 1. The van der Waals surface area contributed by atoms with Gasteiger partial charge in [-0.15, -0.1) is 11.3 Å². The van der Waals surface area contributed by atoms with Gasteiger partial charge in [0.05, 0.1) is 11.4 Å². The molecule has 0 atom stereocenters. The van der Waals surface area contributed by atoms with Crippen LogP contribution in [0.5, 0.6) is 0 Å². The van der Waals surface area contributed by atoms with Crippen LogP contribution in [0, 0.1) is 0 Å². The van der Waals surface area contributed by atoms with Crippen LogP contribution in [0.25, 0.3) is 6.08 Å². The third-order valence-corrected chi connectivity index (χ3v) is 6.25. The molecule has 0 saturated carbocycles. The molecule has 0 bridgehead atoms. The molecule has 0 fully saturated rings. The van der Waals surface area contributed by atoms with E-state index in [-0.39, 0.29) is 23.5 Å². The highest BCUT2D eigenvalue weighted by Gasteiger charge is 2.32. The number of thiophene rings is 1. The number of carbonyl (C=O) groups is 3. The predicted molar refractivity (Wildman–Crippen MR) is 135 cm³/mol. The number of benzene rings is 2. The molecule has 3 amide bonds. The Bertz CT molecular complexity index is 1220. The lowest BCUT2D eigenvalue weighted by atomic mass is 10.3. The minimum Gasteiger partial charge on any atom is -0.326 e. The molecule has 1 aromatic heterocycles. The van der Waals surface area contributed by atoms with Crippen LogP contribution in [-0.4, -0.2) is 28.6 Å². The Morgan fingerprint density at radius 1 is 1.00 bits per heavy atom. The maximum absolute atomic E-state index is 13.1. The average molecular weight is 477 g/mol. The summed E-state index contributed by atoms with van der Waals surface area (Å²) in [4.78, 5) is 43.7. The fourth-order valence-corrected chi connectivity index (χ4v) is 4.54. The van der Waals surface area contributed by atoms with Crippen molar-refractivity contribution in [2.45, 2.75) is 6.92 Å². The minimum atomic E-state index is -0.230. The first-order valence-corrected chi connectivity index (χ1v) is 11.9. The van der Waals surface area contributed by atoms with Crippen LogP contribution in [-0.2, 0) is 14.4 Å². The fourth-order valence-electron chi connectivity index (χ4n) is 3.07. The van der Waals surface area contributed by atoms with Gasteiger partial charge in [-0.05, 0) is 53.9 Å². The van der Waals surface area contributed by atoms with Crippen molar-refractivity contribution < 1.29 is 14.4 Å². The SMILES string of the molecule is CC(=O)Nc1ccc(NC(=O)CSC2=N/C(=C\c3cccs3)C(=O)N2c2ccccc2)cc1. The summed E-state index contributed by atoms with van der Waals surface area (Å²) in [5.74, 6) is -0.544. The molecule has 2 aromatic carbocycles. The first-order chi connectivity index (χ1) is 16.0. The van der Waals surface area contributed by atoms with E-state index in [0.29, 0.717) is 27.9 Å². The second kappa shape index (κ2) is 10.3. The molecule has 166 valence electrons. The second-order valence-electron chi connectivity index (χ2n) is 7.01. The third-order valence-electron chi connectivity index (χ3n) is 4.49. The van der Waals surface area contributed by atoms with Crippen molar-refractivity contribution in [1.29, 1.82) is 0 Å². The van der Waals surface area contributed by atoms with E-state index in [1.807, 2.05) is 47.8 Å². The highest BCUT2D eigenvalue weighted by molar-refractivity contribution is 8.14. The van der Waals surface area contributed by atoms with Crippen LogP contribution in [0.4, 0.5) is 17.1 Å². The zero-order chi connectivity index (χ0) is 23.2. The maximum Gasteiger partial charge on any atom is 0.283 e. The standard InChI is InChI=1S/C24H20N4O3S2/c1-16(29)25-17-9-11-18(12-10-17)26-22(30)15-33-24-27-21(14-20-8-5-13-32-20)23(31)28(24)19-6-3-2-4-7-19/h2-14H,15H2,1H3,(H,25,29)(H,26,30)/b21-14-. The molecule has 1 aliphatic heterocycles. The van der Waals surface area contributed by atoms with Gasteiger partial charge in [0.1, 0.15) is 5.70 Å². The number of nitrogens with one attached hydrogen (secondary N) is 2. The molecule has 0 spiro atoms. The third kappa shape index (κ3) is 5.76. The molecule has 33 heavy (non-hydrogen) atoms. The van der Waals surface area contributed by atoms with Crippen LogP contribution in [0.1, 0.15) is 11.8 Å². The molecule has 3 aromatic rings. The fraction of sp³-hybridized carbons (Fsp3) is 0.0833. The smallest absolute Gasteiger partial charge is 0.283 e. The van der Waals surface area contributed by atoms with E-state index < -0.39 is 0 Å². The van der Waals surface area contributed by atoms with E-state index in [9.17, 15) is 14.4 Å². The van der Waals surface area contributed by atoms with E-state index >= 15 is 0 Å². The monoisotopic (exact) mass is 476 g/mol. The molecule has 1 aliphatic rings. The maximum atomic E-state index is 13.1. The molecular weight excluding hydrogens is 456 g/mol. The second-order valence-corrected chi connectivity index (χ2v) is 8.93. The Kier molecular flexibility index (Phi) is 7.01. The number of para-hydroxylation sites is 1. The number of nitrogens with zero attached hydrogens (tertiary/aromatic N) is 2. The number of hydrogen-bond donors (Lipinski definition) is 2. The first kappa shape index (κ1) is 22.5. The van der Waals surface area contributed by atoms with Gasteiger partial charge < -0.3 is 10.6 Å². The van der Waals surface area contributed by atoms with Gasteiger partial charge in [0, 0.05) is 23.2 Å². The van der Waals surface area contributed by atoms with Gasteiger partial charge in [0.2, 0.25) is 11.8 Å². The van der Waals surface area contributed by atoms with Crippen molar-refractivity contribution in [3.8, 4) is 0 Å². The molecule has 0 saturated heterocycles. The van der Waals surface area contributed by atoms with Gasteiger partial charge in [-0.2, -0.15) is 0 Å². The molecule has 0 aliphatic carbocycles. The van der Waals surface area contributed by atoms with Crippen LogP contribution < -0.4 is 15.5 Å². The average Bonchev–Trinajstić information content (AvgIpc) is 3.42. The summed E-state index contributed by atoms with van der Waals surface area (Å²) in [6.45, 7) is 1.43. The first-order valence-electron chi connectivity index (χ1n) is 10.0. The number of anilines is 3. The van der Waals surface area contributed by atoms with Gasteiger partial charge >= 0.3 is 0 Å². The molecule has 2 N–H and O–H groups in total. The Morgan fingerprint density at radius 3 is 2.33 bits per heavy atom. The lowest BCUT2D eigenvalue weighted by Gasteiger charge is -2.17. The molecule has 9 heteroatoms. The molecule has 7 nitrogen and oxygen atoms in total.